The quantitative estimate of drug-likeness (QED) is 0.174. The van der Waals surface area contributed by atoms with Gasteiger partial charge in [0.1, 0.15) is 36.6 Å². The van der Waals surface area contributed by atoms with Crippen molar-refractivity contribution in [3.8, 4) is 0 Å². The Morgan fingerprint density at radius 3 is 0.939 bits per heavy atom. The van der Waals surface area contributed by atoms with Gasteiger partial charge in [-0.05, 0) is 7.56 Å². The van der Waals surface area contributed by atoms with E-state index in [9.17, 15) is 55.1 Å². The van der Waals surface area contributed by atoms with Gasteiger partial charge in [-0.25, -0.2) is 4.57 Å². The molecule has 49 heavy (non-hydrogen) atoms. The predicted octanol–water partition coefficient (Wildman–Crippen LogP) is 0.617. The van der Waals surface area contributed by atoms with E-state index in [1.165, 1.54) is 0 Å². The molecule has 20 heteroatoms. The molecule has 0 aromatic carbocycles. The Bertz CT molecular complexity index is 887. The number of hydrogen-bond donors (Lipinski definition) is 12. The van der Waals surface area contributed by atoms with Crippen LogP contribution < -0.4 is 0 Å². The van der Waals surface area contributed by atoms with Gasteiger partial charge in [0, 0.05) is 48.8 Å². The second-order valence-electron chi connectivity index (χ2n) is 13.1. The number of halogens is 1. The summed E-state index contributed by atoms with van der Waals surface area (Å²) in [6.45, 7) is 14.1. The van der Waals surface area contributed by atoms with E-state index >= 15 is 0 Å². The molecule has 0 aliphatic heterocycles. The zero-order valence-electron chi connectivity index (χ0n) is 27.8. The van der Waals surface area contributed by atoms with Gasteiger partial charge in [-0.15, -0.1) is 0 Å². The topological polar surface area (TPSA) is 295 Å². The van der Waals surface area contributed by atoms with Crippen molar-refractivity contribution in [1.82, 2.24) is 0 Å². The molecule has 0 amide bonds. The summed E-state index contributed by atoms with van der Waals surface area (Å²) in [7, 11) is -6.97. The molecule has 12 N–H and O–H groups in total. The van der Waals surface area contributed by atoms with Crippen molar-refractivity contribution in [3.05, 3.63) is 0 Å². The van der Waals surface area contributed by atoms with E-state index in [4.69, 9.17) is 30.7 Å². The normalized spacial score (nSPS) is 43.9. The van der Waals surface area contributed by atoms with E-state index in [2.05, 4.69) is 10.8 Å². The highest BCUT2D eigenvalue weighted by Crippen LogP contribution is 2.46. The lowest BCUT2D eigenvalue weighted by Gasteiger charge is -2.45. The Morgan fingerprint density at radius 2 is 0.714 bits per heavy atom. The zero-order valence-corrected chi connectivity index (χ0v) is 31.3. The van der Waals surface area contributed by atoms with Crippen molar-refractivity contribution in [2.75, 3.05) is 13.3 Å². The van der Waals surface area contributed by atoms with Crippen LogP contribution in [0.2, 0.25) is 0 Å². The first-order valence-electron chi connectivity index (χ1n) is 15.0. The van der Waals surface area contributed by atoms with Crippen molar-refractivity contribution in [1.29, 1.82) is 0 Å². The first kappa shape index (κ1) is 53.7. The molecule has 0 heterocycles. The van der Waals surface area contributed by atoms with E-state index in [1.807, 2.05) is 41.5 Å². The van der Waals surface area contributed by atoms with Crippen LogP contribution in [-0.2, 0) is 18.2 Å². The summed E-state index contributed by atoms with van der Waals surface area (Å²) in [5, 5.41) is 94.8. The van der Waals surface area contributed by atoms with Gasteiger partial charge in [0.05, 0.1) is 36.6 Å². The summed E-state index contributed by atoms with van der Waals surface area (Å²) in [5.41, 5.74) is 0. The lowest BCUT2D eigenvalue weighted by atomic mass is 9.71. The van der Waals surface area contributed by atoms with E-state index < -0.39 is 82.3 Å². The minimum Gasteiger partial charge on any atom is -0.392 e. The van der Waals surface area contributed by atoms with Gasteiger partial charge in [-0.1, -0.05) is 73.9 Å². The Kier molecular flexibility index (Phi) is 24.7. The number of aliphatic hydroxyl groups excluding tert-OH is 10. The Hall–Kier alpha value is 0.360. The molecule has 12 atom stereocenters. The maximum absolute atomic E-state index is 11.7. The lowest BCUT2D eigenvalue weighted by molar-refractivity contribution is -0.219. The van der Waals surface area contributed by atoms with Crippen LogP contribution in [0.15, 0.2) is 0 Å². The number of rotatable bonds is 4. The molecule has 3 saturated carbocycles. The third kappa shape index (κ3) is 15.3. The van der Waals surface area contributed by atoms with E-state index in [1.54, 1.807) is 13.3 Å². The monoisotopic (exact) mass is 796 g/mol. The molecule has 3 rings (SSSR count). The fourth-order valence-electron chi connectivity index (χ4n) is 6.03. The second-order valence-corrected chi connectivity index (χ2v) is 17.9. The molecular weight excluding hydrogens is 733 g/mol. The highest BCUT2D eigenvalue weighted by atomic mass is 35.7. The molecule has 3 aliphatic rings. The molecule has 0 bridgehead atoms. The van der Waals surface area contributed by atoms with Crippen molar-refractivity contribution in [3.63, 3.8) is 0 Å². The van der Waals surface area contributed by atoms with Gasteiger partial charge in [-0.3, -0.25) is 9.09 Å². The van der Waals surface area contributed by atoms with Gasteiger partial charge in [0.2, 0.25) is 0 Å². The molecule has 0 saturated heterocycles. The maximum atomic E-state index is 11.7. The molecule has 0 radical (unpaired) electrons. The van der Waals surface area contributed by atoms with E-state index in [0.29, 0.717) is 7.56 Å². The van der Waals surface area contributed by atoms with Crippen molar-refractivity contribution >= 4 is 40.3 Å². The van der Waals surface area contributed by atoms with Crippen LogP contribution in [0.25, 0.3) is 0 Å². The highest BCUT2D eigenvalue weighted by molar-refractivity contribution is 7.66. The molecule has 0 spiro atoms. The van der Waals surface area contributed by atoms with Crippen LogP contribution in [0.1, 0.15) is 56.4 Å². The fraction of sp³-hybridized carbons (Fsp3) is 0.966. The van der Waals surface area contributed by atoms with Gasteiger partial charge in [-0.2, -0.15) is 0 Å². The lowest BCUT2D eigenvalue weighted by Crippen LogP contribution is -2.64. The molecular formula is C29H64ClO16P3. The summed E-state index contributed by atoms with van der Waals surface area (Å²) < 4.78 is 31.7. The zero-order chi connectivity index (χ0) is 37.5. The Morgan fingerprint density at radius 1 is 0.490 bits per heavy atom. The van der Waals surface area contributed by atoms with Gasteiger partial charge in [0.25, 0.3) is 0 Å². The van der Waals surface area contributed by atoms with E-state index in [-0.39, 0.29) is 56.5 Å². The maximum Gasteiger partial charge on any atom is 0.470 e. The molecule has 16 nitrogen and oxygen atoms in total. The summed E-state index contributed by atoms with van der Waals surface area (Å²) >= 11 is 4.86. The minimum absolute atomic E-state index is 0. The molecule has 3 fully saturated rings. The standard InChI is InChI=1S/C11H23O4P.C9H18O3.C6H13O9P.CH2ClP.2CH4/c1-6-9(12)7(2)11(8(3)10(6)13)15-16(4,5)14;1-4-7(10)5(2)9(12)6(3)8(4)11;7-1-2(8)4(10)6(5(11)3(1)9)15-16(12,13)14;1-3-2;;/h6-13H,1-5H3;4-12H,1-3H3;1-11H,(H2,12,13,14);1H2;2*1H4/t6?,7-,8-,9-,10+,11?;;1?,2-,3+,4-,5-,6?;;;/m0.0.../s1. The number of hydrogen-bond acceptors (Lipinski definition) is 14. The summed E-state index contributed by atoms with van der Waals surface area (Å²) in [6.07, 6.45) is -11.5. The Balaban J connectivity index is -0.000000615. The second kappa shape index (κ2) is 22.5. The smallest absolute Gasteiger partial charge is 0.392 e. The van der Waals surface area contributed by atoms with Crippen molar-refractivity contribution in [2.24, 2.45) is 35.5 Å². The largest absolute Gasteiger partial charge is 0.470 e. The number of phosphoric acid groups is 1. The molecule has 4 unspecified atom stereocenters. The third-order valence-electron chi connectivity index (χ3n) is 9.13. The number of aliphatic hydroxyl groups is 10. The van der Waals surface area contributed by atoms with E-state index in [0.717, 1.165) is 0 Å². The SMILES string of the molecule is C.C.C=PCl.CC1C(O)C(C)C(O)C(C)C1O.CC1[C@@H](O)[C@H](C)C(OP(C)(C)=O)[C@@H](C)[C@H]1O.O=P(O)(O)OC1[C@@H](O)[C@H](O)C(O)[C@H](O)[C@@H]1O. The average molecular weight is 797 g/mol. The first-order valence-corrected chi connectivity index (χ1v) is 21.1. The molecule has 0 aromatic rings. The Labute approximate surface area is 297 Å². The third-order valence-corrected chi connectivity index (χ3v) is 10.4. The molecule has 3 aliphatic carbocycles. The fourth-order valence-corrected chi connectivity index (χ4v) is 7.57. The van der Waals surface area contributed by atoms with Crippen LogP contribution in [0.4, 0.5) is 0 Å². The van der Waals surface area contributed by atoms with Crippen LogP contribution in [-0.4, -0.2) is 154 Å². The minimum atomic E-state index is -5.01. The summed E-state index contributed by atoms with van der Waals surface area (Å²) in [4.78, 5) is 17.0. The van der Waals surface area contributed by atoms with Crippen LogP contribution in [0, 0.1) is 35.5 Å². The van der Waals surface area contributed by atoms with Crippen LogP contribution in [0.5, 0.6) is 0 Å². The van der Waals surface area contributed by atoms with Crippen LogP contribution in [0.3, 0.4) is 0 Å². The van der Waals surface area contributed by atoms with Crippen molar-refractivity contribution in [2.45, 2.75) is 130 Å². The molecule has 298 valence electrons. The van der Waals surface area contributed by atoms with Gasteiger partial charge < -0.3 is 65.4 Å². The molecule has 0 aromatic heterocycles. The van der Waals surface area contributed by atoms with Gasteiger partial charge in [0.15, 0.2) is 7.37 Å². The van der Waals surface area contributed by atoms with Gasteiger partial charge >= 0.3 is 7.82 Å². The number of phosphoric ester groups is 1. The average Bonchev–Trinajstić information content (AvgIpc) is 2.98. The summed E-state index contributed by atoms with van der Waals surface area (Å²) in [6, 6.07) is 0. The van der Waals surface area contributed by atoms with Crippen LogP contribution >= 0.6 is 34.0 Å². The first-order chi connectivity index (χ1) is 21.2. The van der Waals surface area contributed by atoms with Crippen molar-refractivity contribution < 1.29 is 79.0 Å². The highest BCUT2D eigenvalue weighted by Gasteiger charge is 2.51. The summed E-state index contributed by atoms with van der Waals surface area (Å²) in [5.74, 6) is -0.809. The predicted molar refractivity (Wildman–Crippen MR) is 190 cm³/mol.